The number of fused-ring (bicyclic) bond motifs is 3. The normalized spacial score (nSPS) is 27.0. The van der Waals surface area contributed by atoms with Gasteiger partial charge in [0.1, 0.15) is 0 Å². The van der Waals surface area contributed by atoms with E-state index >= 15 is 0 Å². The van der Waals surface area contributed by atoms with Crippen LogP contribution >= 0.6 is 0 Å². The van der Waals surface area contributed by atoms with Crippen molar-refractivity contribution in [3.05, 3.63) is 65.2 Å². The summed E-state index contributed by atoms with van der Waals surface area (Å²) in [6.45, 7) is 2.01. The molecule has 0 saturated carbocycles. The number of ether oxygens (including phenoxy) is 1. The fraction of sp³-hybridized carbons (Fsp3) is 0.263. The Morgan fingerprint density at radius 3 is 2.62 bits per heavy atom. The zero-order valence-electron chi connectivity index (χ0n) is 13.5. The lowest BCUT2D eigenvalue weighted by atomic mass is 9.84. The van der Waals surface area contributed by atoms with Crippen LogP contribution in [0.3, 0.4) is 0 Å². The summed E-state index contributed by atoms with van der Waals surface area (Å²) in [4.78, 5) is 17.2. The molecule has 0 spiro atoms. The van der Waals surface area contributed by atoms with E-state index in [0.717, 1.165) is 11.1 Å². The Kier molecular flexibility index (Phi) is 3.05. The first kappa shape index (κ1) is 14.9. The van der Waals surface area contributed by atoms with Crippen molar-refractivity contribution >= 4 is 17.4 Å². The Balaban J connectivity index is 1.88. The van der Waals surface area contributed by atoms with Gasteiger partial charge in [0, 0.05) is 23.4 Å². The number of nitrogens with zero attached hydrogens (tertiary/aromatic N) is 1. The molecule has 0 fully saturated rings. The molecule has 122 valence electrons. The highest BCUT2D eigenvalue weighted by Crippen LogP contribution is 2.53. The lowest BCUT2D eigenvalue weighted by molar-refractivity contribution is -0.154. The molecule has 24 heavy (non-hydrogen) atoms. The third-order valence-electron chi connectivity index (χ3n) is 4.89. The predicted molar refractivity (Wildman–Crippen MR) is 91.0 cm³/mol. The second kappa shape index (κ2) is 4.92. The maximum absolute atomic E-state index is 12.6. The summed E-state index contributed by atoms with van der Waals surface area (Å²) in [5.41, 5.74) is 1.02. The van der Waals surface area contributed by atoms with E-state index in [1.165, 1.54) is 7.11 Å². The molecule has 4 rings (SSSR count). The third-order valence-corrected chi connectivity index (χ3v) is 4.89. The van der Waals surface area contributed by atoms with E-state index in [0.29, 0.717) is 17.0 Å². The second-order valence-corrected chi connectivity index (χ2v) is 6.34. The standard InChI is InChI=1S/C19H18N2O3/c1-12-7-9-13(10-8-12)16-11-18(17(22)24-2)19(23,21-16)14-5-3-4-6-15(14)20-18/h3-10,20,23H,11H2,1-2H3/t18-,19-/m1/s1. The van der Waals surface area contributed by atoms with Crippen LogP contribution in [0.2, 0.25) is 0 Å². The van der Waals surface area contributed by atoms with Crippen LogP contribution in [0.5, 0.6) is 0 Å². The molecular weight excluding hydrogens is 304 g/mol. The fourth-order valence-electron chi connectivity index (χ4n) is 3.60. The lowest BCUT2D eigenvalue weighted by Crippen LogP contribution is -2.55. The molecule has 2 aliphatic heterocycles. The number of carbonyl (C=O) groups is 1. The Morgan fingerprint density at radius 1 is 1.21 bits per heavy atom. The zero-order chi connectivity index (χ0) is 16.9. The molecule has 2 aliphatic rings. The molecule has 2 aromatic carbocycles. The van der Waals surface area contributed by atoms with Crippen molar-refractivity contribution in [3.63, 3.8) is 0 Å². The Bertz CT molecular complexity index is 859. The first-order valence-corrected chi connectivity index (χ1v) is 7.84. The highest BCUT2D eigenvalue weighted by Gasteiger charge is 2.67. The average molecular weight is 322 g/mol. The van der Waals surface area contributed by atoms with E-state index in [9.17, 15) is 9.90 Å². The van der Waals surface area contributed by atoms with E-state index < -0.39 is 17.2 Å². The molecule has 2 atom stereocenters. The molecule has 2 aromatic rings. The summed E-state index contributed by atoms with van der Waals surface area (Å²) in [7, 11) is 1.33. The topological polar surface area (TPSA) is 70.9 Å². The molecule has 5 heteroatoms. The minimum Gasteiger partial charge on any atom is -0.467 e. The maximum Gasteiger partial charge on any atom is 0.337 e. The van der Waals surface area contributed by atoms with Crippen LogP contribution in [0.1, 0.15) is 23.1 Å². The van der Waals surface area contributed by atoms with Crippen LogP contribution in [0.4, 0.5) is 5.69 Å². The molecule has 2 N–H and O–H groups in total. The second-order valence-electron chi connectivity index (χ2n) is 6.34. The Hall–Kier alpha value is -2.66. The number of rotatable bonds is 2. The van der Waals surface area contributed by atoms with Gasteiger partial charge in [0.2, 0.25) is 5.72 Å². The van der Waals surface area contributed by atoms with Crippen molar-refractivity contribution in [2.24, 2.45) is 4.99 Å². The quantitative estimate of drug-likeness (QED) is 0.833. The molecular formula is C19H18N2O3. The van der Waals surface area contributed by atoms with Crippen LogP contribution in [0, 0.1) is 6.92 Å². The van der Waals surface area contributed by atoms with Crippen molar-refractivity contribution in [2.45, 2.75) is 24.6 Å². The van der Waals surface area contributed by atoms with Crippen LogP contribution in [-0.4, -0.2) is 29.4 Å². The molecule has 0 unspecified atom stereocenters. The van der Waals surface area contributed by atoms with Gasteiger partial charge >= 0.3 is 5.97 Å². The fourth-order valence-corrected chi connectivity index (χ4v) is 3.60. The number of hydrogen-bond acceptors (Lipinski definition) is 5. The van der Waals surface area contributed by atoms with Gasteiger partial charge in [-0.15, -0.1) is 0 Å². The van der Waals surface area contributed by atoms with Crippen LogP contribution < -0.4 is 5.32 Å². The number of aryl methyl sites for hydroxylation is 1. The summed E-state index contributed by atoms with van der Waals surface area (Å²) < 4.78 is 5.00. The summed E-state index contributed by atoms with van der Waals surface area (Å²) in [5, 5.41) is 14.5. The molecule has 2 heterocycles. The molecule has 0 saturated heterocycles. The van der Waals surface area contributed by atoms with E-state index in [1.807, 2.05) is 49.4 Å². The van der Waals surface area contributed by atoms with Crippen molar-refractivity contribution in [2.75, 3.05) is 12.4 Å². The van der Waals surface area contributed by atoms with Gasteiger partial charge in [-0.1, -0.05) is 48.0 Å². The molecule has 5 nitrogen and oxygen atoms in total. The number of aliphatic hydroxyl groups is 1. The van der Waals surface area contributed by atoms with E-state index in [2.05, 4.69) is 10.3 Å². The Labute approximate surface area is 140 Å². The SMILES string of the molecule is COC(=O)[C@]12CC(c3ccc(C)cc3)=N[C@@]1(O)c1ccccc1N2. The predicted octanol–water partition coefficient (Wildman–Crippen LogP) is 2.37. The Morgan fingerprint density at radius 2 is 1.92 bits per heavy atom. The highest BCUT2D eigenvalue weighted by molar-refractivity contribution is 6.09. The minimum atomic E-state index is -1.67. The van der Waals surface area contributed by atoms with Crippen molar-refractivity contribution in [3.8, 4) is 0 Å². The number of anilines is 1. The van der Waals surface area contributed by atoms with E-state index in [-0.39, 0.29) is 6.42 Å². The molecule has 0 aliphatic carbocycles. The lowest BCUT2D eigenvalue weighted by Gasteiger charge is -2.31. The molecule has 0 radical (unpaired) electrons. The monoisotopic (exact) mass is 322 g/mol. The van der Waals surface area contributed by atoms with Crippen LogP contribution in [0.25, 0.3) is 0 Å². The van der Waals surface area contributed by atoms with Gasteiger partial charge in [-0.2, -0.15) is 0 Å². The average Bonchev–Trinajstić information content (AvgIpc) is 3.02. The third kappa shape index (κ3) is 1.79. The van der Waals surface area contributed by atoms with Gasteiger partial charge in [-0.25, -0.2) is 9.79 Å². The number of nitrogens with one attached hydrogen (secondary N) is 1. The van der Waals surface area contributed by atoms with Crippen LogP contribution in [-0.2, 0) is 15.3 Å². The van der Waals surface area contributed by atoms with Crippen molar-refractivity contribution in [1.82, 2.24) is 0 Å². The zero-order valence-corrected chi connectivity index (χ0v) is 13.5. The number of carbonyl (C=O) groups excluding carboxylic acids is 1. The van der Waals surface area contributed by atoms with Crippen LogP contribution in [0.15, 0.2) is 53.5 Å². The number of aliphatic imine (C=N–C) groups is 1. The summed E-state index contributed by atoms with van der Waals surface area (Å²) in [6, 6.07) is 15.2. The first-order valence-electron chi connectivity index (χ1n) is 7.84. The van der Waals surface area contributed by atoms with Gasteiger partial charge in [-0.05, 0) is 18.6 Å². The van der Waals surface area contributed by atoms with Gasteiger partial charge < -0.3 is 15.2 Å². The largest absolute Gasteiger partial charge is 0.467 e. The molecule has 0 aromatic heterocycles. The van der Waals surface area contributed by atoms with E-state index in [1.54, 1.807) is 6.07 Å². The van der Waals surface area contributed by atoms with Crippen molar-refractivity contribution < 1.29 is 14.6 Å². The van der Waals surface area contributed by atoms with Gasteiger partial charge in [0.15, 0.2) is 5.54 Å². The summed E-state index contributed by atoms with van der Waals surface area (Å²) >= 11 is 0. The first-order chi connectivity index (χ1) is 11.5. The van der Waals surface area contributed by atoms with E-state index in [4.69, 9.17) is 4.74 Å². The summed E-state index contributed by atoms with van der Waals surface area (Å²) in [6.07, 6.45) is 0.258. The number of para-hydroxylation sites is 1. The number of hydrogen-bond donors (Lipinski definition) is 2. The van der Waals surface area contributed by atoms with Gasteiger partial charge in [-0.3, -0.25) is 0 Å². The number of methoxy groups -OCH3 is 1. The minimum absolute atomic E-state index is 0.258. The van der Waals surface area contributed by atoms with Gasteiger partial charge in [0.05, 0.1) is 7.11 Å². The molecule has 0 bridgehead atoms. The van der Waals surface area contributed by atoms with Crippen molar-refractivity contribution in [1.29, 1.82) is 0 Å². The maximum atomic E-state index is 12.6. The number of benzene rings is 2. The number of esters is 1. The highest BCUT2D eigenvalue weighted by atomic mass is 16.5. The summed E-state index contributed by atoms with van der Waals surface area (Å²) in [5.74, 6) is -0.521. The molecule has 0 amide bonds. The van der Waals surface area contributed by atoms with Gasteiger partial charge in [0.25, 0.3) is 0 Å². The smallest absolute Gasteiger partial charge is 0.337 e.